The Morgan fingerprint density at radius 2 is 2.09 bits per heavy atom. The van der Waals surface area contributed by atoms with Gasteiger partial charge in [0.2, 0.25) is 6.79 Å². The minimum atomic E-state index is -0.140. The Hall–Kier alpha value is -2.76. The van der Waals surface area contributed by atoms with Crippen molar-refractivity contribution in [2.45, 2.75) is 6.92 Å². The number of ether oxygens (including phenoxy) is 3. The minimum absolute atomic E-state index is 0.140. The topological polar surface area (TPSA) is 69.7 Å². The van der Waals surface area contributed by atoms with Crippen LogP contribution in [0.5, 0.6) is 17.2 Å². The number of carbonyl (C=O) groups excluding carboxylic acids is 1. The maximum atomic E-state index is 11.8. The van der Waals surface area contributed by atoms with E-state index in [1.54, 1.807) is 31.5 Å². The lowest BCUT2D eigenvalue weighted by Gasteiger charge is -2.10. The van der Waals surface area contributed by atoms with Crippen LogP contribution in [0.2, 0.25) is 0 Å². The molecule has 0 saturated heterocycles. The number of fused-ring (bicyclic) bond motifs is 1. The third kappa shape index (κ3) is 2.55. The summed E-state index contributed by atoms with van der Waals surface area (Å²) in [6, 6.07) is 7.12. The number of aromatic nitrogens is 1. The van der Waals surface area contributed by atoms with Gasteiger partial charge in [0.15, 0.2) is 11.5 Å². The molecule has 0 unspecified atom stereocenters. The zero-order valence-electron chi connectivity index (χ0n) is 12.4. The van der Waals surface area contributed by atoms with Gasteiger partial charge in [0, 0.05) is 24.4 Å². The van der Waals surface area contributed by atoms with Crippen molar-refractivity contribution in [2.75, 3.05) is 20.4 Å². The summed E-state index contributed by atoms with van der Waals surface area (Å²) in [5.74, 6) is 1.81. The molecule has 0 spiro atoms. The summed E-state index contributed by atoms with van der Waals surface area (Å²) in [7, 11) is 1.59. The van der Waals surface area contributed by atoms with Crippen LogP contribution in [0.15, 0.2) is 30.5 Å². The van der Waals surface area contributed by atoms with Crippen molar-refractivity contribution in [2.24, 2.45) is 0 Å². The molecule has 0 saturated carbocycles. The van der Waals surface area contributed by atoms with Gasteiger partial charge in [0.05, 0.1) is 18.4 Å². The maximum Gasteiger partial charge on any atom is 0.252 e. The Morgan fingerprint density at radius 1 is 1.32 bits per heavy atom. The fourth-order valence-corrected chi connectivity index (χ4v) is 2.24. The normalized spacial score (nSPS) is 12.1. The van der Waals surface area contributed by atoms with Gasteiger partial charge in [-0.2, -0.15) is 0 Å². The lowest BCUT2D eigenvalue weighted by Crippen LogP contribution is -2.22. The van der Waals surface area contributed by atoms with Gasteiger partial charge in [-0.25, -0.2) is 0 Å². The van der Waals surface area contributed by atoms with Crippen LogP contribution in [0.25, 0.3) is 11.3 Å². The number of hydrogen-bond acceptors (Lipinski definition) is 5. The van der Waals surface area contributed by atoms with E-state index in [4.69, 9.17) is 14.2 Å². The quantitative estimate of drug-likeness (QED) is 0.937. The molecule has 2 aromatic rings. The van der Waals surface area contributed by atoms with Crippen molar-refractivity contribution in [3.8, 4) is 28.5 Å². The van der Waals surface area contributed by atoms with Crippen LogP contribution in [0, 0.1) is 0 Å². The van der Waals surface area contributed by atoms with Crippen molar-refractivity contribution in [3.05, 3.63) is 36.0 Å². The molecule has 6 nitrogen and oxygen atoms in total. The molecule has 1 aliphatic rings. The van der Waals surface area contributed by atoms with Crippen LogP contribution in [-0.4, -0.2) is 31.3 Å². The molecule has 3 rings (SSSR count). The highest BCUT2D eigenvalue weighted by molar-refractivity contribution is 5.94. The minimum Gasteiger partial charge on any atom is -0.496 e. The first-order valence-electron chi connectivity index (χ1n) is 6.95. The van der Waals surface area contributed by atoms with E-state index in [2.05, 4.69) is 10.3 Å². The van der Waals surface area contributed by atoms with E-state index in [0.29, 0.717) is 35.1 Å². The third-order valence-electron chi connectivity index (χ3n) is 3.33. The van der Waals surface area contributed by atoms with Crippen LogP contribution >= 0.6 is 0 Å². The molecule has 0 bridgehead atoms. The lowest BCUT2D eigenvalue weighted by atomic mass is 10.1. The average molecular weight is 300 g/mol. The largest absolute Gasteiger partial charge is 0.496 e. The molecule has 2 heterocycles. The molecule has 114 valence electrons. The van der Waals surface area contributed by atoms with Crippen LogP contribution in [0.4, 0.5) is 0 Å². The SMILES string of the molecule is CCNC(=O)c1ccc(-c2cc3c(cc2OC)OCO3)nc1. The van der Waals surface area contributed by atoms with Crippen molar-refractivity contribution < 1.29 is 19.0 Å². The zero-order chi connectivity index (χ0) is 15.5. The number of methoxy groups -OCH3 is 1. The van der Waals surface area contributed by atoms with Gasteiger partial charge in [-0.05, 0) is 25.1 Å². The monoisotopic (exact) mass is 300 g/mol. The first-order valence-corrected chi connectivity index (χ1v) is 6.95. The Bertz CT molecular complexity index is 698. The summed E-state index contributed by atoms with van der Waals surface area (Å²) in [6.45, 7) is 2.65. The molecule has 1 aromatic carbocycles. The molecule has 0 fully saturated rings. The number of nitrogens with zero attached hydrogens (tertiary/aromatic N) is 1. The standard InChI is InChI=1S/C16H16N2O4/c1-3-17-16(19)10-4-5-12(18-8-10)11-6-14-15(22-9-21-14)7-13(11)20-2/h4-8H,3,9H2,1-2H3,(H,17,19). The summed E-state index contributed by atoms with van der Waals surface area (Å²) in [6.07, 6.45) is 1.55. The number of pyridine rings is 1. The van der Waals surface area contributed by atoms with Gasteiger partial charge in [-0.15, -0.1) is 0 Å². The molecule has 22 heavy (non-hydrogen) atoms. The van der Waals surface area contributed by atoms with E-state index in [9.17, 15) is 4.79 Å². The predicted octanol–water partition coefficient (Wildman–Crippen LogP) is 2.24. The maximum absolute atomic E-state index is 11.8. The lowest BCUT2D eigenvalue weighted by molar-refractivity contribution is 0.0955. The molecule has 1 N–H and O–H groups in total. The van der Waals surface area contributed by atoms with E-state index in [0.717, 1.165) is 5.56 Å². The summed E-state index contributed by atoms with van der Waals surface area (Å²) < 4.78 is 16.1. The smallest absolute Gasteiger partial charge is 0.252 e. The van der Waals surface area contributed by atoms with Crippen LogP contribution in [-0.2, 0) is 0 Å². The van der Waals surface area contributed by atoms with E-state index < -0.39 is 0 Å². The fraction of sp³-hybridized carbons (Fsp3) is 0.250. The number of amides is 1. The Kier molecular flexibility index (Phi) is 3.82. The molecule has 1 aliphatic heterocycles. The highest BCUT2D eigenvalue weighted by Gasteiger charge is 2.19. The Morgan fingerprint density at radius 3 is 2.73 bits per heavy atom. The number of hydrogen-bond donors (Lipinski definition) is 1. The summed E-state index contributed by atoms with van der Waals surface area (Å²) >= 11 is 0. The molecule has 0 aliphatic carbocycles. The second-order valence-electron chi connectivity index (χ2n) is 4.70. The Labute approximate surface area is 128 Å². The van der Waals surface area contributed by atoms with Gasteiger partial charge < -0.3 is 19.5 Å². The summed E-state index contributed by atoms with van der Waals surface area (Å²) in [5, 5.41) is 2.74. The van der Waals surface area contributed by atoms with Crippen molar-refractivity contribution in [1.29, 1.82) is 0 Å². The number of nitrogens with one attached hydrogen (secondary N) is 1. The highest BCUT2D eigenvalue weighted by Crippen LogP contribution is 2.41. The van der Waals surface area contributed by atoms with Gasteiger partial charge in [-0.3, -0.25) is 9.78 Å². The summed E-state index contributed by atoms with van der Waals surface area (Å²) in [5.41, 5.74) is 2.00. The molecule has 1 amide bonds. The first kappa shape index (κ1) is 14.2. The van der Waals surface area contributed by atoms with E-state index in [1.807, 2.05) is 13.0 Å². The van der Waals surface area contributed by atoms with Gasteiger partial charge in [0.1, 0.15) is 5.75 Å². The van der Waals surface area contributed by atoms with E-state index in [1.165, 1.54) is 0 Å². The van der Waals surface area contributed by atoms with Crippen LogP contribution in [0.1, 0.15) is 17.3 Å². The van der Waals surface area contributed by atoms with Crippen molar-refractivity contribution in [1.82, 2.24) is 10.3 Å². The van der Waals surface area contributed by atoms with Gasteiger partial charge in [-0.1, -0.05) is 0 Å². The summed E-state index contributed by atoms with van der Waals surface area (Å²) in [4.78, 5) is 16.1. The van der Waals surface area contributed by atoms with Crippen LogP contribution in [0.3, 0.4) is 0 Å². The van der Waals surface area contributed by atoms with Crippen molar-refractivity contribution >= 4 is 5.91 Å². The van der Waals surface area contributed by atoms with Gasteiger partial charge >= 0.3 is 0 Å². The molecule has 1 aromatic heterocycles. The van der Waals surface area contributed by atoms with Gasteiger partial charge in [0.25, 0.3) is 5.91 Å². The predicted molar refractivity (Wildman–Crippen MR) is 80.4 cm³/mol. The number of rotatable bonds is 4. The number of carbonyl (C=O) groups is 1. The second kappa shape index (κ2) is 5.93. The molecule has 6 heteroatoms. The molecule has 0 atom stereocenters. The number of benzene rings is 1. The second-order valence-corrected chi connectivity index (χ2v) is 4.70. The Balaban J connectivity index is 1.95. The van der Waals surface area contributed by atoms with Crippen LogP contribution < -0.4 is 19.5 Å². The van der Waals surface area contributed by atoms with E-state index >= 15 is 0 Å². The fourth-order valence-electron chi connectivity index (χ4n) is 2.24. The molecular formula is C16H16N2O4. The average Bonchev–Trinajstić information content (AvgIpc) is 3.01. The van der Waals surface area contributed by atoms with Crippen molar-refractivity contribution in [3.63, 3.8) is 0 Å². The molecule has 0 radical (unpaired) electrons. The highest BCUT2D eigenvalue weighted by atomic mass is 16.7. The third-order valence-corrected chi connectivity index (χ3v) is 3.33. The molecular weight excluding hydrogens is 284 g/mol. The van der Waals surface area contributed by atoms with E-state index in [-0.39, 0.29) is 12.7 Å². The zero-order valence-corrected chi connectivity index (χ0v) is 12.4. The first-order chi connectivity index (χ1) is 10.7.